The number of nitrogens with zero attached hydrogens (tertiary/aromatic N) is 1. The molecule has 0 unspecified atom stereocenters. The van der Waals surface area contributed by atoms with E-state index < -0.39 is 6.43 Å². The summed E-state index contributed by atoms with van der Waals surface area (Å²) >= 11 is 0. The van der Waals surface area contributed by atoms with Gasteiger partial charge in [0.2, 0.25) is 0 Å². The lowest BCUT2D eigenvalue weighted by molar-refractivity contribution is 0.0754. The molecule has 0 saturated carbocycles. The molecule has 0 aliphatic rings. The van der Waals surface area contributed by atoms with Crippen LogP contribution in [0.25, 0.3) is 0 Å². The lowest BCUT2D eigenvalue weighted by atomic mass is 10.3. The van der Waals surface area contributed by atoms with Crippen LogP contribution >= 0.6 is 0 Å². The number of ether oxygens (including phenoxy) is 1. The second-order valence-corrected chi connectivity index (χ2v) is 4.07. The van der Waals surface area contributed by atoms with E-state index >= 15 is 0 Å². The van der Waals surface area contributed by atoms with Gasteiger partial charge in [0.25, 0.3) is 6.43 Å². The molecule has 0 aromatic heterocycles. The van der Waals surface area contributed by atoms with Crippen molar-refractivity contribution >= 4 is 0 Å². The fourth-order valence-corrected chi connectivity index (χ4v) is 1.64. The highest BCUT2D eigenvalue weighted by Gasteiger charge is 2.11. The third-order valence-corrected chi connectivity index (χ3v) is 2.51. The molecule has 0 amide bonds. The van der Waals surface area contributed by atoms with Gasteiger partial charge >= 0.3 is 0 Å². The molecular weight excluding hydrogens is 259 g/mol. The van der Waals surface area contributed by atoms with Gasteiger partial charge in [0.15, 0.2) is 0 Å². The zero-order valence-corrected chi connectivity index (χ0v) is 10.6. The van der Waals surface area contributed by atoms with Crippen LogP contribution < -0.4 is 4.74 Å². The minimum Gasteiger partial charge on any atom is -0.494 e. The maximum absolute atomic E-state index is 12.6. The second kappa shape index (κ2) is 8.77. The zero-order chi connectivity index (χ0) is 14.1. The van der Waals surface area contributed by atoms with Crippen molar-refractivity contribution in [1.29, 1.82) is 0 Å². The van der Waals surface area contributed by atoms with E-state index in [1.54, 1.807) is 0 Å². The van der Waals surface area contributed by atoms with Crippen molar-refractivity contribution in [3.05, 3.63) is 30.1 Å². The van der Waals surface area contributed by atoms with Crippen LogP contribution in [0.2, 0.25) is 0 Å². The number of benzene rings is 1. The molecule has 19 heavy (non-hydrogen) atoms. The van der Waals surface area contributed by atoms with Gasteiger partial charge in [-0.2, -0.15) is 0 Å². The molecule has 0 atom stereocenters. The first kappa shape index (κ1) is 15.8. The molecule has 0 heterocycles. The van der Waals surface area contributed by atoms with Crippen LogP contribution in [-0.2, 0) is 0 Å². The Morgan fingerprint density at radius 3 is 2.42 bits per heavy atom. The number of rotatable bonds is 9. The van der Waals surface area contributed by atoms with Crippen molar-refractivity contribution in [2.45, 2.75) is 12.8 Å². The average molecular weight is 277 g/mol. The van der Waals surface area contributed by atoms with Gasteiger partial charge in [0, 0.05) is 13.1 Å². The van der Waals surface area contributed by atoms with Crippen molar-refractivity contribution in [2.24, 2.45) is 0 Å². The predicted octanol–water partition coefficient (Wildman–Crippen LogP) is 2.15. The Bertz CT molecular complexity index is 346. The zero-order valence-electron chi connectivity index (χ0n) is 10.6. The Hall–Kier alpha value is -1.27. The Kier molecular flexibility index (Phi) is 7.28. The number of aliphatic hydroxyl groups is 1. The highest BCUT2D eigenvalue weighted by atomic mass is 19.3. The van der Waals surface area contributed by atoms with Crippen LogP contribution in [0.4, 0.5) is 13.2 Å². The third-order valence-electron chi connectivity index (χ3n) is 2.51. The third kappa shape index (κ3) is 7.03. The van der Waals surface area contributed by atoms with Gasteiger partial charge in [0.1, 0.15) is 11.6 Å². The van der Waals surface area contributed by atoms with Gasteiger partial charge in [-0.1, -0.05) is 0 Å². The van der Waals surface area contributed by atoms with Crippen LogP contribution in [0.1, 0.15) is 6.42 Å². The summed E-state index contributed by atoms with van der Waals surface area (Å²) < 4.78 is 42.4. The van der Waals surface area contributed by atoms with Gasteiger partial charge in [-0.3, -0.25) is 4.90 Å². The first-order valence-electron chi connectivity index (χ1n) is 6.11. The number of alkyl halides is 2. The Morgan fingerprint density at radius 2 is 1.84 bits per heavy atom. The van der Waals surface area contributed by atoms with Gasteiger partial charge in [0.05, 0.1) is 19.8 Å². The molecule has 3 nitrogen and oxygen atoms in total. The van der Waals surface area contributed by atoms with E-state index in [-0.39, 0.29) is 25.5 Å². The lowest BCUT2D eigenvalue weighted by Gasteiger charge is -2.20. The fraction of sp³-hybridized carbons (Fsp3) is 0.538. The van der Waals surface area contributed by atoms with Crippen molar-refractivity contribution in [3.63, 3.8) is 0 Å². The van der Waals surface area contributed by atoms with Crippen molar-refractivity contribution in [3.8, 4) is 5.75 Å². The maximum Gasteiger partial charge on any atom is 0.251 e. The summed E-state index contributed by atoms with van der Waals surface area (Å²) in [5.41, 5.74) is 0. The molecule has 0 saturated heterocycles. The lowest BCUT2D eigenvalue weighted by Crippen LogP contribution is -2.33. The van der Waals surface area contributed by atoms with Crippen LogP contribution in [0, 0.1) is 5.82 Å². The topological polar surface area (TPSA) is 32.7 Å². The van der Waals surface area contributed by atoms with Gasteiger partial charge < -0.3 is 9.84 Å². The molecule has 1 aromatic carbocycles. The number of hydrogen-bond donors (Lipinski definition) is 1. The van der Waals surface area contributed by atoms with E-state index in [0.717, 1.165) is 0 Å². The minimum atomic E-state index is -2.41. The summed E-state index contributed by atoms with van der Waals surface area (Å²) in [5, 5.41) is 8.76. The van der Waals surface area contributed by atoms with E-state index in [9.17, 15) is 13.2 Å². The summed E-state index contributed by atoms with van der Waals surface area (Å²) in [6.45, 7) is 0.506. The van der Waals surface area contributed by atoms with Gasteiger partial charge in [-0.25, -0.2) is 13.2 Å². The van der Waals surface area contributed by atoms with E-state index in [1.165, 1.54) is 29.2 Å². The first-order chi connectivity index (χ1) is 9.11. The Labute approximate surface area is 110 Å². The highest BCUT2D eigenvalue weighted by Crippen LogP contribution is 2.11. The maximum atomic E-state index is 12.6. The van der Waals surface area contributed by atoms with Crippen molar-refractivity contribution in [1.82, 2.24) is 4.90 Å². The summed E-state index contributed by atoms with van der Waals surface area (Å²) in [6.07, 6.45) is -1.85. The number of hydrogen-bond acceptors (Lipinski definition) is 3. The smallest absolute Gasteiger partial charge is 0.251 e. The van der Waals surface area contributed by atoms with Crippen molar-refractivity contribution in [2.75, 3.05) is 32.8 Å². The van der Waals surface area contributed by atoms with E-state index in [1.807, 2.05) is 0 Å². The van der Waals surface area contributed by atoms with E-state index in [0.29, 0.717) is 25.3 Å². The van der Waals surface area contributed by atoms with Gasteiger partial charge in [-0.05, 0) is 30.7 Å². The molecule has 108 valence electrons. The monoisotopic (exact) mass is 277 g/mol. The second-order valence-electron chi connectivity index (χ2n) is 4.07. The quantitative estimate of drug-likeness (QED) is 0.702. The van der Waals surface area contributed by atoms with Crippen LogP contribution in [-0.4, -0.2) is 49.3 Å². The number of halogens is 3. The summed E-state index contributed by atoms with van der Waals surface area (Å²) in [6, 6.07) is 5.62. The summed E-state index contributed by atoms with van der Waals surface area (Å²) in [5.74, 6) is 0.211. The van der Waals surface area contributed by atoms with Crippen molar-refractivity contribution < 1.29 is 23.0 Å². The molecule has 6 heteroatoms. The van der Waals surface area contributed by atoms with Crippen LogP contribution in [0.3, 0.4) is 0 Å². The molecule has 0 aliphatic carbocycles. The average Bonchev–Trinajstić information content (AvgIpc) is 2.36. The standard InChI is InChI=1S/C13H18F3NO2/c14-11-2-4-12(5-3-11)19-9-1-6-17(7-8-18)10-13(15)16/h2-5,13,18H,1,6-10H2. The normalized spacial score (nSPS) is 11.3. The fourth-order valence-electron chi connectivity index (χ4n) is 1.64. The van der Waals surface area contributed by atoms with Gasteiger partial charge in [-0.15, -0.1) is 0 Å². The summed E-state index contributed by atoms with van der Waals surface area (Å²) in [7, 11) is 0. The van der Waals surface area contributed by atoms with Crippen LogP contribution in [0.15, 0.2) is 24.3 Å². The molecule has 0 aliphatic heterocycles. The SMILES string of the molecule is OCCN(CCCOc1ccc(F)cc1)CC(F)F. The Balaban J connectivity index is 2.22. The molecule has 1 rings (SSSR count). The molecule has 1 aromatic rings. The number of aliphatic hydroxyl groups excluding tert-OH is 1. The molecule has 0 fully saturated rings. The van der Waals surface area contributed by atoms with E-state index in [2.05, 4.69) is 0 Å². The largest absolute Gasteiger partial charge is 0.494 e. The molecule has 0 bridgehead atoms. The molecular formula is C13H18F3NO2. The Morgan fingerprint density at radius 1 is 1.16 bits per heavy atom. The molecule has 0 spiro atoms. The minimum absolute atomic E-state index is 0.147. The highest BCUT2D eigenvalue weighted by molar-refractivity contribution is 5.21. The summed E-state index contributed by atoms with van der Waals surface area (Å²) in [4.78, 5) is 1.48. The van der Waals surface area contributed by atoms with E-state index in [4.69, 9.17) is 9.84 Å². The molecule has 0 radical (unpaired) electrons. The predicted molar refractivity (Wildman–Crippen MR) is 66.0 cm³/mol. The van der Waals surface area contributed by atoms with Crippen LogP contribution in [0.5, 0.6) is 5.75 Å². The first-order valence-corrected chi connectivity index (χ1v) is 6.11. The molecule has 1 N–H and O–H groups in total.